The summed E-state index contributed by atoms with van der Waals surface area (Å²) in [6, 6.07) is 3.49. The van der Waals surface area contributed by atoms with Crippen LogP contribution in [0.3, 0.4) is 0 Å². The second-order valence-corrected chi connectivity index (χ2v) is 4.35. The molecule has 16 heavy (non-hydrogen) atoms. The van der Waals surface area contributed by atoms with Gasteiger partial charge in [0.1, 0.15) is 0 Å². The summed E-state index contributed by atoms with van der Waals surface area (Å²) in [6.07, 6.45) is 0. The summed E-state index contributed by atoms with van der Waals surface area (Å²) in [4.78, 5) is 7.70. The zero-order chi connectivity index (χ0) is 12.3. The predicted molar refractivity (Wildman–Crippen MR) is 71.0 cm³/mol. The van der Waals surface area contributed by atoms with E-state index in [1.165, 1.54) is 0 Å². The topological polar surface area (TPSA) is 103 Å². The van der Waals surface area contributed by atoms with Crippen molar-refractivity contribution < 1.29 is 0 Å². The minimum absolute atomic E-state index is 0.00822. The molecule has 0 atom stereocenters. The van der Waals surface area contributed by atoms with Gasteiger partial charge in [-0.15, -0.1) is 0 Å². The van der Waals surface area contributed by atoms with Gasteiger partial charge in [0.25, 0.3) is 0 Å². The van der Waals surface area contributed by atoms with E-state index in [0.717, 1.165) is 10.0 Å². The van der Waals surface area contributed by atoms with Crippen LogP contribution in [0.25, 0.3) is 0 Å². The van der Waals surface area contributed by atoms with E-state index in [4.69, 9.17) is 28.8 Å². The van der Waals surface area contributed by atoms with Gasteiger partial charge in [-0.1, -0.05) is 11.6 Å². The number of benzene rings is 1. The highest BCUT2D eigenvalue weighted by molar-refractivity contribution is 9.10. The van der Waals surface area contributed by atoms with E-state index < -0.39 is 0 Å². The van der Waals surface area contributed by atoms with Crippen molar-refractivity contribution in [2.24, 2.45) is 27.2 Å². The Morgan fingerprint density at radius 3 is 2.44 bits per heavy atom. The Hall–Kier alpha value is -1.27. The molecule has 7 heteroatoms. The van der Waals surface area contributed by atoms with E-state index in [-0.39, 0.29) is 11.9 Å². The van der Waals surface area contributed by atoms with Crippen LogP contribution < -0.4 is 17.2 Å². The van der Waals surface area contributed by atoms with Crippen molar-refractivity contribution in [3.8, 4) is 0 Å². The van der Waals surface area contributed by atoms with Crippen LogP contribution in [0, 0.1) is 6.92 Å². The summed E-state index contributed by atoms with van der Waals surface area (Å²) in [5.41, 5.74) is 17.4. The van der Waals surface area contributed by atoms with Crippen LogP contribution in [0.2, 0.25) is 5.02 Å². The number of nitrogens with zero attached hydrogens (tertiary/aromatic N) is 2. The molecule has 0 saturated carbocycles. The number of aryl methyl sites for hydroxylation is 1. The lowest BCUT2D eigenvalue weighted by molar-refractivity contribution is 1.33. The van der Waals surface area contributed by atoms with Crippen LogP contribution in [-0.4, -0.2) is 11.9 Å². The third-order valence-corrected chi connectivity index (χ3v) is 2.51. The van der Waals surface area contributed by atoms with Crippen LogP contribution in [0.15, 0.2) is 26.6 Å². The Morgan fingerprint density at radius 1 is 1.31 bits per heavy atom. The first-order valence-electron chi connectivity index (χ1n) is 4.29. The molecule has 1 rings (SSSR count). The van der Waals surface area contributed by atoms with Gasteiger partial charge < -0.3 is 17.2 Å². The Balaban J connectivity index is 3.20. The monoisotopic (exact) mass is 303 g/mol. The van der Waals surface area contributed by atoms with Gasteiger partial charge in [0.2, 0.25) is 5.96 Å². The number of hydrogen-bond donors (Lipinski definition) is 3. The van der Waals surface area contributed by atoms with E-state index in [1.54, 1.807) is 12.1 Å². The Kier molecular flexibility index (Phi) is 4.14. The summed E-state index contributed by atoms with van der Waals surface area (Å²) >= 11 is 9.20. The van der Waals surface area contributed by atoms with E-state index in [2.05, 4.69) is 25.9 Å². The molecular weight excluding hydrogens is 293 g/mol. The third-order valence-electron chi connectivity index (χ3n) is 1.69. The van der Waals surface area contributed by atoms with Gasteiger partial charge in [-0.2, -0.15) is 4.99 Å². The lowest BCUT2D eigenvalue weighted by Gasteiger charge is -2.04. The number of aliphatic imine (C=N–C) groups is 2. The molecule has 86 valence electrons. The van der Waals surface area contributed by atoms with Crippen molar-refractivity contribution >= 4 is 45.1 Å². The molecule has 1 aromatic carbocycles. The van der Waals surface area contributed by atoms with Crippen LogP contribution in [0.4, 0.5) is 5.69 Å². The molecule has 0 heterocycles. The molecule has 0 spiro atoms. The highest BCUT2D eigenvalue weighted by Gasteiger charge is 2.05. The maximum absolute atomic E-state index is 5.87. The van der Waals surface area contributed by atoms with Crippen molar-refractivity contribution in [2.75, 3.05) is 0 Å². The van der Waals surface area contributed by atoms with Crippen molar-refractivity contribution in [2.45, 2.75) is 6.92 Å². The first kappa shape index (κ1) is 12.8. The second kappa shape index (κ2) is 5.18. The summed E-state index contributed by atoms with van der Waals surface area (Å²) in [5, 5.41) is 0.615. The molecule has 0 amide bonds. The van der Waals surface area contributed by atoms with Gasteiger partial charge in [-0.3, -0.25) is 0 Å². The fourth-order valence-electron chi connectivity index (χ4n) is 1.11. The van der Waals surface area contributed by atoms with E-state index >= 15 is 0 Å². The van der Waals surface area contributed by atoms with E-state index in [0.29, 0.717) is 10.7 Å². The summed E-state index contributed by atoms with van der Waals surface area (Å²) in [5.74, 6) is -0.143. The van der Waals surface area contributed by atoms with Crippen LogP contribution in [-0.2, 0) is 0 Å². The van der Waals surface area contributed by atoms with Crippen molar-refractivity contribution in [3.63, 3.8) is 0 Å². The standard InChI is InChI=1S/C9H11BrClN5/c1-4-2-5(11)3-6(10)7(4)15-9(14)16-8(12)13/h2-3H,1H3,(H6,12,13,14,15,16). The summed E-state index contributed by atoms with van der Waals surface area (Å²) < 4.78 is 0.728. The van der Waals surface area contributed by atoms with Crippen LogP contribution >= 0.6 is 27.5 Å². The zero-order valence-corrected chi connectivity index (χ0v) is 10.9. The lowest BCUT2D eigenvalue weighted by Crippen LogP contribution is -2.26. The molecule has 0 aliphatic rings. The summed E-state index contributed by atoms with van der Waals surface area (Å²) in [6.45, 7) is 1.86. The lowest BCUT2D eigenvalue weighted by atomic mass is 10.2. The smallest absolute Gasteiger partial charge is 0.223 e. The van der Waals surface area contributed by atoms with Gasteiger partial charge in [-0.05, 0) is 40.5 Å². The quantitative estimate of drug-likeness (QED) is 0.542. The van der Waals surface area contributed by atoms with Gasteiger partial charge in [0.05, 0.1) is 5.69 Å². The molecule has 0 aromatic heterocycles. The largest absolute Gasteiger partial charge is 0.370 e. The molecule has 0 saturated heterocycles. The van der Waals surface area contributed by atoms with Crippen molar-refractivity contribution in [1.29, 1.82) is 0 Å². The second-order valence-electron chi connectivity index (χ2n) is 3.06. The van der Waals surface area contributed by atoms with Gasteiger partial charge in [0.15, 0.2) is 5.96 Å². The van der Waals surface area contributed by atoms with Crippen LogP contribution in [0.5, 0.6) is 0 Å². The normalized spacial score (nSPS) is 11.3. The number of guanidine groups is 2. The Morgan fingerprint density at radius 2 is 1.94 bits per heavy atom. The average molecular weight is 305 g/mol. The first-order chi connectivity index (χ1) is 7.40. The highest BCUT2D eigenvalue weighted by Crippen LogP contribution is 2.32. The molecule has 0 aliphatic heterocycles. The maximum Gasteiger partial charge on any atom is 0.223 e. The molecule has 0 bridgehead atoms. The third kappa shape index (κ3) is 3.39. The predicted octanol–water partition coefficient (Wildman–Crippen LogP) is 1.63. The Bertz CT molecular complexity index is 442. The van der Waals surface area contributed by atoms with E-state index in [9.17, 15) is 0 Å². The maximum atomic E-state index is 5.87. The summed E-state index contributed by atoms with van der Waals surface area (Å²) in [7, 11) is 0. The number of nitrogens with two attached hydrogens (primary N) is 3. The Labute approximate surface area is 107 Å². The molecule has 5 nitrogen and oxygen atoms in total. The van der Waals surface area contributed by atoms with Crippen molar-refractivity contribution in [1.82, 2.24) is 0 Å². The first-order valence-corrected chi connectivity index (χ1v) is 5.46. The average Bonchev–Trinajstić information content (AvgIpc) is 2.09. The molecule has 0 unspecified atom stereocenters. The molecule has 0 fully saturated rings. The molecule has 0 radical (unpaired) electrons. The molecule has 6 N–H and O–H groups in total. The molecule has 1 aromatic rings. The number of hydrogen-bond acceptors (Lipinski definition) is 1. The molecule has 0 aliphatic carbocycles. The van der Waals surface area contributed by atoms with Gasteiger partial charge in [0, 0.05) is 9.50 Å². The van der Waals surface area contributed by atoms with Gasteiger partial charge >= 0.3 is 0 Å². The highest BCUT2D eigenvalue weighted by atomic mass is 79.9. The molecular formula is C9H11BrClN5. The van der Waals surface area contributed by atoms with Gasteiger partial charge in [-0.25, -0.2) is 4.99 Å². The van der Waals surface area contributed by atoms with E-state index in [1.807, 2.05) is 6.92 Å². The fraction of sp³-hybridized carbons (Fsp3) is 0.111. The zero-order valence-electron chi connectivity index (χ0n) is 8.54. The minimum atomic E-state index is -0.135. The SMILES string of the molecule is Cc1cc(Cl)cc(Br)c1N=C(N)N=C(N)N. The number of rotatable bonds is 1. The van der Waals surface area contributed by atoms with Crippen molar-refractivity contribution in [3.05, 3.63) is 27.2 Å². The fourth-order valence-corrected chi connectivity index (χ4v) is 2.16. The minimum Gasteiger partial charge on any atom is -0.370 e. The number of halogens is 2. The van der Waals surface area contributed by atoms with Crippen LogP contribution in [0.1, 0.15) is 5.56 Å².